The Balaban J connectivity index is 1.68. The normalized spacial score (nSPS) is 34.4. The predicted molar refractivity (Wildman–Crippen MR) is 81.2 cm³/mol. The summed E-state index contributed by atoms with van der Waals surface area (Å²) >= 11 is 0. The molecule has 14 nitrogen and oxygen atoms in total. The zero-order chi connectivity index (χ0) is 18.7. The highest BCUT2D eigenvalue weighted by Gasteiger charge is 2.58. The number of rotatable bonds is 4. The van der Waals surface area contributed by atoms with E-state index in [9.17, 15) is 14.0 Å². The molecular formula is C10H13N5O9P2. The highest BCUT2D eigenvalue weighted by atomic mass is 31.2. The lowest BCUT2D eigenvalue weighted by atomic mass is 10.1. The van der Waals surface area contributed by atoms with E-state index in [1.54, 1.807) is 0 Å². The second-order valence-corrected chi connectivity index (χ2v) is 8.14. The molecule has 4 rings (SSSR count). The van der Waals surface area contributed by atoms with Gasteiger partial charge in [-0.15, -0.1) is 0 Å². The molecule has 2 aliphatic heterocycles. The van der Waals surface area contributed by atoms with Gasteiger partial charge >= 0.3 is 15.6 Å². The number of imidazole rings is 1. The fraction of sp³-hybridized carbons (Fsp3) is 0.500. The zero-order valence-electron chi connectivity index (χ0n) is 12.7. The molecule has 2 aromatic rings. The number of ether oxygens (including phenoxy) is 1. The molecule has 0 saturated carbocycles. The highest BCUT2D eigenvalue weighted by molar-refractivity contribution is 7.47. The van der Waals surface area contributed by atoms with E-state index in [1.807, 2.05) is 0 Å². The molecule has 2 aliphatic rings. The fourth-order valence-corrected chi connectivity index (χ4v) is 4.35. The van der Waals surface area contributed by atoms with Crippen LogP contribution in [0.15, 0.2) is 12.7 Å². The summed E-state index contributed by atoms with van der Waals surface area (Å²) in [5, 5.41) is 0. The molecule has 16 heteroatoms. The molecule has 5 atom stereocenters. The van der Waals surface area contributed by atoms with Crippen LogP contribution < -0.4 is 5.73 Å². The number of nitrogen functional groups attached to an aromatic ring is 1. The third-order valence-electron chi connectivity index (χ3n) is 3.86. The van der Waals surface area contributed by atoms with Crippen molar-refractivity contribution in [1.29, 1.82) is 0 Å². The third kappa shape index (κ3) is 3.16. The number of phosphoric ester groups is 2. The molecule has 0 aromatic carbocycles. The van der Waals surface area contributed by atoms with Crippen molar-refractivity contribution >= 4 is 32.6 Å². The minimum absolute atomic E-state index is 0.126. The van der Waals surface area contributed by atoms with Crippen molar-refractivity contribution in [3.8, 4) is 0 Å². The monoisotopic (exact) mass is 409 g/mol. The summed E-state index contributed by atoms with van der Waals surface area (Å²) in [6.45, 7) is -0.588. The number of aromatic nitrogens is 4. The maximum absolute atomic E-state index is 11.8. The standard InChI is InChI=1S/C10H13N5O9P2/c11-8-5-9(13-2-12-8)15(3-14-5)10-7-6(23-26(19,20)24-7)4(22-10)1-21-25(16,17)18/h2-4,6-7,10H,1H2,(H,19,20)(H2,11,12,13)(H2,16,17,18)/t4-,6-,7-,10-/m1/s1. The van der Waals surface area contributed by atoms with Crippen LogP contribution in [0.2, 0.25) is 0 Å². The summed E-state index contributed by atoms with van der Waals surface area (Å²) in [6.07, 6.45) is -1.73. The van der Waals surface area contributed by atoms with Crippen LogP contribution in [0.25, 0.3) is 11.2 Å². The Bertz CT molecular complexity index is 946. The quantitative estimate of drug-likeness (QED) is 0.462. The van der Waals surface area contributed by atoms with Gasteiger partial charge in [-0.25, -0.2) is 24.1 Å². The van der Waals surface area contributed by atoms with Gasteiger partial charge in [0.2, 0.25) is 0 Å². The second-order valence-electron chi connectivity index (χ2n) is 5.54. The number of anilines is 1. The first-order valence-electron chi connectivity index (χ1n) is 7.13. The average molecular weight is 409 g/mol. The van der Waals surface area contributed by atoms with Crippen LogP contribution in [-0.2, 0) is 27.4 Å². The Morgan fingerprint density at radius 2 is 2.04 bits per heavy atom. The number of hydrogen-bond donors (Lipinski definition) is 4. The van der Waals surface area contributed by atoms with Crippen LogP contribution in [0.3, 0.4) is 0 Å². The van der Waals surface area contributed by atoms with E-state index in [0.29, 0.717) is 0 Å². The maximum atomic E-state index is 11.8. The lowest BCUT2D eigenvalue weighted by Crippen LogP contribution is -2.31. The van der Waals surface area contributed by atoms with Crippen LogP contribution in [0, 0.1) is 0 Å². The summed E-state index contributed by atoms with van der Waals surface area (Å²) < 4.78 is 44.2. The molecular weight excluding hydrogens is 396 g/mol. The Morgan fingerprint density at radius 3 is 2.77 bits per heavy atom. The van der Waals surface area contributed by atoms with Crippen molar-refractivity contribution in [2.75, 3.05) is 12.3 Å². The van der Waals surface area contributed by atoms with Gasteiger partial charge in [0.15, 0.2) is 17.7 Å². The van der Waals surface area contributed by atoms with Crippen LogP contribution in [0.5, 0.6) is 0 Å². The highest BCUT2D eigenvalue weighted by Crippen LogP contribution is 2.59. The molecule has 1 unspecified atom stereocenters. The van der Waals surface area contributed by atoms with Gasteiger partial charge in [-0.1, -0.05) is 0 Å². The van der Waals surface area contributed by atoms with Crippen LogP contribution in [0.4, 0.5) is 5.82 Å². The molecule has 5 N–H and O–H groups in total. The topological polar surface area (TPSA) is 201 Å². The van der Waals surface area contributed by atoms with Gasteiger partial charge in [-0.2, -0.15) is 0 Å². The van der Waals surface area contributed by atoms with Crippen LogP contribution >= 0.6 is 15.6 Å². The van der Waals surface area contributed by atoms with Gasteiger partial charge in [0.05, 0.1) is 12.9 Å². The first-order chi connectivity index (χ1) is 12.1. The van der Waals surface area contributed by atoms with Gasteiger partial charge in [0.1, 0.15) is 30.2 Å². The van der Waals surface area contributed by atoms with E-state index in [0.717, 1.165) is 0 Å². The van der Waals surface area contributed by atoms with E-state index in [4.69, 9.17) is 29.3 Å². The third-order valence-corrected chi connectivity index (χ3v) is 5.37. The molecule has 142 valence electrons. The molecule has 0 amide bonds. The first-order valence-corrected chi connectivity index (χ1v) is 10.2. The number of nitrogens with two attached hydrogens (primary N) is 1. The SMILES string of the molecule is Nc1ncnc2c1ncn2[C@@H]1O[C@H](COP(=O)(O)O)[C@H]2OP(=O)(O)O[C@H]21. The van der Waals surface area contributed by atoms with Crippen LogP contribution in [0.1, 0.15) is 6.23 Å². The lowest BCUT2D eigenvalue weighted by Gasteiger charge is -2.19. The van der Waals surface area contributed by atoms with E-state index in [-0.39, 0.29) is 17.0 Å². The average Bonchev–Trinajstić information content (AvgIpc) is 3.16. The summed E-state index contributed by atoms with van der Waals surface area (Å²) in [5.74, 6) is 0.126. The zero-order valence-corrected chi connectivity index (χ0v) is 14.5. The minimum Gasteiger partial charge on any atom is -0.382 e. The number of hydrogen-bond acceptors (Lipinski definition) is 10. The van der Waals surface area contributed by atoms with Crippen molar-refractivity contribution < 1.29 is 42.1 Å². The predicted octanol–water partition coefficient (Wildman–Crippen LogP) is -0.700. The number of fused-ring (bicyclic) bond motifs is 2. The van der Waals surface area contributed by atoms with Gasteiger partial charge in [0, 0.05) is 0 Å². The summed E-state index contributed by atoms with van der Waals surface area (Å²) in [4.78, 5) is 39.3. The molecule has 2 saturated heterocycles. The van der Waals surface area contributed by atoms with Crippen molar-refractivity contribution in [2.45, 2.75) is 24.5 Å². The van der Waals surface area contributed by atoms with E-state index < -0.39 is 46.8 Å². The minimum atomic E-state index is -4.78. The van der Waals surface area contributed by atoms with E-state index in [2.05, 4.69) is 19.5 Å². The Hall–Kier alpha value is -1.47. The molecule has 26 heavy (non-hydrogen) atoms. The van der Waals surface area contributed by atoms with Crippen molar-refractivity contribution in [3.05, 3.63) is 12.7 Å². The molecule has 4 heterocycles. The Labute approximate surface area is 144 Å². The van der Waals surface area contributed by atoms with Crippen molar-refractivity contribution in [3.63, 3.8) is 0 Å². The van der Waals surface area contributed by atoms with E-state index >= 15 is 0 Å². The Kier molecular flexibility index (Phi) is 4.15. The number of nitrogens with zero attached hydrogens (tertiary/aromatic N) is 4. The molecule has 2 aromatic heterocycles. The largest absolute Gasteiger partial charge is 0.473 e. The fourth-order valence-electron chi connectivity index (χ4n) is 2.86. The van der Waals surface area contributed by atoms with E-state index in [1.165, 1.54) is 17.2 Å². The van der Waals surface area contributed by atoms with Gasteiger partial charge in [-0.05, 0) is 0 Å². The van der Waals surface area contributed by atoms with Gasteiger partial charge in [0.25, 0.3) is 0 Å². The summed E-state index contributed by atoms with van der Waals surface area (Å²) in [6, 6.07) is 0. The van der Waals surface area contributed by atoms with Crippen molar-refractivity contribution in [1.82, 2.24) is 19.5 Å². The maximum Gasteiger partial charge on any atom is 0.473 e. The first kappa shape index (κ1) is 17.9. The summed E-state index contributed by atoms with van der Waals surface area (Å²) in [7, 11) is -9.13. The summed E-state index contributed by atoms with van der Waals surface area (Å²) in [5.41, 5.74) is 6.29. The van der Waals surface area contributed by atoms with Gasteiger partial charge in [-0.3, -0.25) is 18.1 Å². The number of phosphoric acid groups is 2. The lowest BCUT2D eigenvalue weighted by molar-refractivity contribution is -0.0581. The Morgan fingerprint density at radius 1 is 1.31 bits per heavy atom. The molecule has 0 spiro atoms. The smallest absolute Gasteiger partial charge is 0.382 e. The molecule has 0 aliphatic carbocycles. The van der Waals surface area contributed by atoms with Crippen molar-refractivity contribution in [2.24, 2.45) is 0 Å². The van der Waals surface area contributed by atoms with Gasteiger partial charge < -0.3 is 25.2 Å². The van der Waals surface area contributed by atoms with Crippen LogP contribution in [-0.4, -0.2) is 59.1 Å². The molecule has 0 bridgehead atoms. The molecule has 0 radical (unpaired) electrons. The second kappa shape index (κ2) is 6.02. The molecule has 2 fully saturated rings.